The molecule has 0 unspecified atom stereocenters. The molecule has 10 aromatic heterocycles. The third-order valence-corrected chi connectivity index (χ3v) is 6.71. The highest BCUT2D eigenvalue weighted by molar-refractivity contribution is 5.00. The molecule has 0 aliphatic carbocycles. The summed E-state index contributed by atoms with van der Waals surface area (Å²) in [6.07, 6.45) is 29.1. The molecule has 0 saturated carbocycles. The van der Waals surface area contributed by atoms with Crippen LogP contribution in [-0.4, -0.2) is 121 Å². The van der Waals surface area contributed by atoms with E-state index in [2.05, 4.69) is 121 Å². The summed E-state index contributed by atoms with van der Waals surface area (Å²) in [7, 11) is 0. The van der Waals surface area contributed by atoms with Crippen LogP contribution in [0.4, 0.5) is 0 Å². The lowest BCUT2D eigenvalue weighted by Gasteiger charge is -1.82. The van der Waals surface area contributed by atoms with Gasteiger partial charge in [0.05, 0.1) is 65.1 Å². The number of hydrogen-bond acceptors (Lipinski definition) is 24. The second-order valence-corrected chi connectivity index (χ2v) is 13.0. The van der Waals surface area contributed by atoms with E-state index >= 15 is 0 Å². The van der Waals surface area contributed by atoms with E-state index in [0.29, 0.717) is 5.82 Å². The average Bonchev–Trinajstić information content (AvgIpc) is 3.38. The van der Waals surface area contributed by atoms with Gasteiger partial charge < -0.3 is 0 Å². The SMILES string of the molecule is Cc1ccccn1.Cc1cccnn1.Cc1ccncn1.Cc1ccnnn1.Cc1cnccn1.Cc1cncnn1.Cc1cnncn1.Cc1cnncn1.Cc1ncccn1.Cc1nccnn1. The number of aryl methyl sites for hydroxylation is 10. The lowest BCUT2D eigenvalue weighted by molar-refractivity contribution is 0.839. The zero-order valence-electron chi connectivity index (χ0n) is 40.7. The Labute approximate surface area is 407 Å². The normalized spacial score (nSPS) is 8.71. The van der Waals surface area contributed by atoms with Crippen molar-refractivity contribution >= 4 is 0 Å². The van der Waals surface area contributed by atoms with Gasteiger partial charge in [0, 0.05) is 67.2 Å². The molecule has 10 rings (SSSR count). The fraction of sp³-hybridized carbons (Fsp3) is 0.217. The van der Waals surface area contributed by atoms with Gasteiger partial charge >= 0.3 is 0 Å². The van der Waals surface area contributed by atoms with Crippen LogP contribution in [0.1, 0.15) is 57.2 Å². The van der Waals surface area contributed by atoms with Crippen LogP contribution in [0.15, 0.2) is 161 Å². The summed E-state index contributed by atoms with van der Waals surface area (Å²) in [5.41, 5.74) is 7.55. The fourth-order valence-corrected chi connectivity index (χ4v) is 3.45. The zero-order chi connectivity index (χ0) is 51.1. The van der Waals surface area contributed by atoms with Crippen molar-refractivity contribution in [2.24, 2.45) is 0 Å². The van der Waals surface area contributed by atoms with Crippen LogP contribution >= 0.6 is 0 Å². The van der Waals surface area contributed by atoms with Gasteiger partial charge in [0.2, 0.25) is 0 Å². The summed E-state index contributed by atoms with van der Waals surface area (Å²) in [6.45, 7) is 18.8. The minimum atomic E-state index is 0.711. The van der Waals surface area contributed by atoms with Crippen molar-refractivity contribution in [2.45, 2.75) is 69.2 Å². The summed E-state index contributed by atoms with van der Waals surface area (Å²) in [5.74, 6) is 1.53. The topological polar surface area (TPSA) is 309 Å². The quantitative estimate of drug-likeness (QED) is 0.183. The standard InChI is InChI=1S/C6H7N.4C5H6N2.5C4H5N3/c1-6-4-2-3-5-7-6;1-5-4-6-2-3-7-5;1-5-2-3-6-4-7-5;1-5-6-3-2-4-7-5;1-5-3-2-4-6-7-5;2*1-4-2-6-7-3-5-4;1-4-2-5-3-6-7-4;1-4-5-2-3-6-7-4;1-4-2-3-5-7-6-4/h2-5H,1H3;4*2-4H,1H3;5*2-3H,1H3. The molecule has 0 radical (unpaired) electrons. The Hall–Kier alpha value is -9.48. The third-order valence-electron chi connectivity index (χ3n) is 6.71. The molecule has 0 bridgehead atoms. The Kier molecular flexibility index (Phi) is 34.3. The predicted molar refractivity (Wildman–Crippen MR) is 259 cm³/mol. The lowest BCUT2D eigenvalue weighted by Crippen LogP contribution is -1.85. The van der Waals surface area contributed by atoms with Crippen LogP contribution < -0.4 is 0 Å². The smallest absolute Gasteiger partial charge is 0.147 e. The molecule has 10 aromatic rings. The monoisotopic (exact) mass is 945 g/mol. The molecule has 0 amide bonds. The van der Waals surface area contributed by atoms with Gasteiger partial charge in [0.1, 0.15) is 37.0 Å². The van der Waals surface area contributed by atoms with Gasteiger partial charge in [-0.25, -0.2) is 39.9 Å². The summed E-state index contributed by atoms with van der Waals surface area (Å²) >= 11 is 0. The first-order chi connectivity index (χ1) is 33.9. The van der Waals surface area contributed by atoms with Crippen molar-refractivity contribution in [2.75, 3.05) is 0 Å². The number of nitrogens with zero attached hydrogens (tertiary/aromatic N) is 24. The van der Waals surface area contributed by atoms with E-state index in [9.17, 15) is 0 Å². The van der Waals surface area contributed by atoms with E-state index in [1.165, 1.54) is 25.3 Å². The number of pyridine rings is 1. The molecule has 70 heavy (non-hydrogen) atoms. The van der Waals surface area contributed by atoms with Crippen molar-refractivity contribution in [3.63, 3.8) is 0 Å². The van der Waals surface area contributed by atoms with Crippen LogP contribution in [-0.2, 0) is 0 Å². The van der Waals surface area contributed by atoms with Crippen LogP contribution in [0.3, 0.4) is 0 Å². The third kappa shape index (κ3) is 38.9. The van der Waals surface area contributed by atoms with Gasteiger partial charge in [-0.1, -0.05) is 6.07 Å². The van der Waals surface area contributed by atoms with Crippen molar-refractivity contribution in [1.82, 2.24) is 121 Å². The number of aromatic nitrogens is 24. The molecule has 0 aliphatic heterocycles. The molecule has 0 aromatic carbocycles. The minimum Gasteiger partial charge on any atom is -0.262 e. The highest BCUT2D eigenvalue weighted by Crippen LogP contribution is 1.87. The van der Waals surface area contributed by atoms with Gasteiger partial charge in [-0.3, -0.25) is 15.0 Å². The maximum atomic E-state index is 3.98. The highest BCUT2D eigenvalue weighted by Gasteiger charge is 1.81. The first-order valence-electron chi connectivity index (χ1n) is 20.7. The van der Waals surface area contributed by atoms with Crippen LogP contribution in [0, 0.1) is 69.2 Å². The van der Waals surface area contributed by atoms with Crippen LogP contribution in [0.5, 0.6) is 0 Å². The summed E-state index contributed by atoms with van der Waals surface area (Å²) in [6, 6.07) is 15.1. The molecule has 24 heteroatoms. The summed E-state index contributed by atoms with van der Waals surface area (Å²) in [4.78, 5) is 42.2. The second-order valence-electron chi connectivity index (χ2n) is 13.0. The molecule has 0 aliphatic rings. The first kappa shape index (κ1) is 58.5. The Morgan fingerprint density at radius 2 is 0.800 bits per heavy atom. The van der Waals surface area contributed by atoms with E-state index < -0.39 is 0 Å². The Morgan fingerprint density at radius 3 is 1.06 bits per heavy atom. The molecule has 0 atom stereocenters. The zero-order valence-corrected chi connectivity index (χ0v) is 40.7. The predicted octanol–water partition coefficient (Wildman–Crippen LogP) is 5.43. The maximum Gasteiger partial charge on any atom is 0.147 e. The lowest BCUT2D eigenvalue weighted by atomic mass is 10.4. The van der Waals surface area contributed by atoms with E-state index in [1.807, 2.05) is 98.7 Å². The van der Waals surface area contributed by atoms with Crippen molar-refractivity contribution in [3.05, 3.63) is 218 Å². The van der Waals surface area contributed by atoms with Crippen molar-refractivity contribution < 1.29 is 0 Å². The maximum absolute atomic E-state index is 3.98. The Balaban J connectivity index is 0.000000389. The Bertz CT molecular complexity index is 1990. The molecule has 360 valence electrons. The molecule has 24 nitrogen and oxygen atoms in total. The van der Waals surface area contributed by atoms with E-state index in [4.69, 9.17) is 0 Å². The molecule has 0 N–H and O–H groups in total. The minimum absolute atomic E-state index is 0.711. The van der Waals surface area contributed by atoms with E-state index in [0.717, 1.165) is 51.4 Å². The average molecular weight is 945 g/mol. The molecule has 0 spiro atoms. The van der Waals surface area contributed by atoms with Crippen LogP contribution in [0.2, 0.25) is 0 Å². The molecule has 10 heterocycles. The summed E-state index contributed by atoms with van der Waals surface area (Å²) in [5, 5.41) is 46.3. The molecule has 0 saturated heterocycles. The van der Waals surface area contributed by atoms with Gasteiger partial charge in [-0.15, -0.1) is 30.6 Å². The van der Waals surface area contributed by atoms with Gasteiger partial charge in [-0.2, -0.15) is 30.6 Å². The van der Waals surface area contributed by atoms with Crippen molar-refractivity contribution in [3.8, 4) is 0 Å². The first-order valence-corrected chi connectivity index (χ1v) is 20.7. The van der Waals surface area contributed by atoms with Gasteiger partial charge in [0.15, 0.2) is 0 Å². The second kappa shape index (κ2) is 41.0. The molecular formula is C46H56N24. The fourth-order valence-electron chi connectivity index (χ4n) is 3.45. The largest absolute Gasteiger partial charge is 0.262 e. The van der Waals surface area contributed by atoms with E-state index in [1.54, 1.807) is 106 Å². The number of hydrogen-bond donors (Lipinski definition) is 0. The molecular weight excluding hydrogens is 889 g/mol. The van der Waals surface area contributed by atoms with Gasteiger partial charge in [-0.05, 0) is 117 Å². The highest BCUT2D eigenvalue weighted by atomic mass is 15.3. The van der Waals surface area contributed by atoms with Crippen LogP contribution in [0.25, 0.3) is 0 Å². The summed E-state index contributed by atoms with van der Waals surface area (Å²) < 4.78 is 0. The Morgan fingerprint density at radius 1 is 0.243 bits per heavy atom. The van der Waals surface area contributed by atoms with E-state index in [-0.39, 0.29) is 0 Å². The number of rotatable bonds is 0. The molecule has 0 fully saturated rings. The van der Waals surface area contributed by atoms with Crippen molar-refractivity contribution in [1.29, 1.82) is 0 Å². The van der Waals surface area contributed by atoms with Gasteiger partial charge in [0.25, 0.3) is 0 Å².